The number of carbonyl (C=O) groups excluding carboxylic acids is 3. The van der Waals surface area contributed by atoms with Gasteiger partial charge in [-0.25, -0.2) is 4.79 Å². The van der Waals surface area contributed by atoms with Gasteiger partial charge in [0.15, 0.2) is 0 Å². The number of nitrogens with zero attached hydrogens (tertiary/aromatic N) is 1. The molecule has 0 aromatic heterocycles. The summed E-state index contributed by atoms with van der Waals surface area (Å²) >= 11 is 0. The van der Waals surface area contributed by atoms with E-state index in [0.29, 0.717) is 19.3 Å². The van der Waals surface area contributed by atoms with E-state index in [9.17, 15) is 34.5 Å². The third-order valence-electron chi connectivity index (χ3n) is 5.24. The Bertz CT molecular complexity index is 613. The molecule has 0 aliphatic carbocycles. The number of aliphatic carboxylic acids is 1. The molecule has 0 saturated carbocycles. The number of carboxylic acid groups (broad SMARTS) is 1. The SMILES string of the molecule is CCC(C)C(NC(=O)C(CO)NC(=O)C(N)C(C)O)C(=O)N1CCCC1C(=O)O. The number of likely N-dealkylation sites (tertiary alicyclic amines) is 1. The molecule has 0 radical (unpaired) electrons. The zero-order valence-corrected chi connectivity index (χ0v) is 17.0. The molecule has 1 rings (SSSR count). The Balaban J connectivity index is 2.93. The topological polar surface area (TPSA) is 182 Å². The van der Waals surface area contributed by atoms with E-state index in [0.717, 1.165) is 0 Å². The number of nitrogens with one attached hydrogen (secondary N) is 2. The maximum Gasteiger partial charge on any atom is 0.326 e. The first-order valence-corrected chi connectivity index (χ1v) is 9.73. The lowest BCUT2D eigenvalue weighted by molar-refractivity contribution is -0.150. The summed E-state index contributed by atoms with van der Waals surface area (Å²) in [6.07, 6.45) is 0.270. The molecule has 1 saturated heterocycles. The van der Waals surface area contributed by atoms with Crippen LogP contribution in [0.3, 0.4) is 0 Å². The standard InChI is InChI=1S/C18H32N4O7/c1-4-9(2)14(17(27)22-7-5-6-12(22)18(28)29)21-15(25)11(8-23)20-16(26)13(19)10(3)24/h9-14,23-24H,4-8,19H2,1-3H3,(H,20,26)(H,21,25)(H,28,29). The maximum atomic E-state index is 13.0. The van der Waals surface area contributed by atoms with Gasteiger partial charge in [-0.3, -0.25) is 14.4 Å². The predicted molar refractivity (Wildman–Crippen MR) is 102 cm³/mol. The molecule has 3 amide bonds. The van der Waals surface area contributed by atoms with E-state index in [-0.39, 0.29) is 12.5 Å². The van der Waals surface area contributed by atoms with Crippen LogP contribution < -0.4 is 16.4 Å². The third-order valence-corrected chi connectivity index (χ3v) is 5.24. The van der Waals surface area contributed by atoms with E-state index < -0.39 is 60.6 Å². The number of aliphatic hydroxyl groups is 2. The smallest absolute Gasteiger partial charge is 0.326 e. The Labute approximate surface area is 169 Å². The highest BCUT2D eigenvalue weighted by molar-refractivity contribution is 5.94. The number of amides is 3. The Morgan fingerprint density at radius 3 is 2.28 bits per heavy atom. The zero-order valence-electron chi connectivity index (χ0n) is 17.0. The van der Waals surface area contributed by atoms with Crippen LogP contribution in [0, 0.1) is 5.92 Å². The van der Waals surface area contributed by atoms with Crippen molar-refractivity contribution in [2.24, 2.45) is 11.7 Å². The average molecular weight is 416 g/mol. The van der Waals surface area contributed by atoms with E-state index in [2.05, 4.69) is 10.6 Å². The second-order valence-electron chi connectivity index (χ2n) is 7.41. The van der Waals surface area contributed by atoms with Gasteiger partial charge in [-0.05, 0) is 25.7 Å². The van der Waals surface area contributed by atoms with Gasteiger partial charge in [-0.15, -0.1) is 0 Å². The summed E-state index contributed by atoms with van der Waals surface area (Å²) in [7, 11) is 0. The van der Waals surface area contributed by atoms with E-state index in [1.54, 1.807) is 6.92 Å². The Morgan fingerprint density at radius 1 is 1.17 bits per heavy atom. The van der Waals surface area contributed by atoms with Gasteiger partial charge in [0, 0.05) is 6.54 Å². The second-order valence-corrected chi connectivity index (χ2v) is 7.41. The minimum Gasteiger partial charge on any atom is -0.480 e. The molecule has 0 spiro atoms. The summed E-state index contributed by atoms with van der Waals surface area (Å²) < 4.78 is 0. The van der Waals surface area contributed by atoms with Crippen molar-refractivity contribution in [3.63, 3.8) is 0 Å². The first-order valence-electron chi connectivity index (χ1n) is 9.73. The molecule has 166 valence electrons. The van der Waals surface area contributed by atoms with Crippen molar-refractivity contribution in [1.82, 2.24) is 15.5 Å². The minimum atomic E-state index is -1.37. The van der Waals surface area contributed by atoms with Crippen LogP contribution in [0.1, 0.15) is 40.0 Å². The molecule has 1 heterocycles. The average Bonchev–Trinajstić information content (AvgIpc) is 3.18. The van der Waals surface area contributed by atoms with Gasteiger partial charge < -0.3 is 36.6 Å². The molecule has 11 heteroatoms. The first-order chi connectivity index (χ1) is 13.5. The Hall–Kier alpha value is -2.24. The van der Waals surface area contributed by atoms with Gasteiger partial charge in [0.25, 0.3) is 0 Å². The zero-order chi connectivity index (χ0) is 22.3. The summed E-state index contributed by atoms with van der Waals surface area (Å²) in [5, 5.41) is 33.0. The van der Waals surface area contributed by atoms with E-state index >= 15 is 0 Å². The maximum absolute atomic E-state index is 13.0. The lowest BCUT2D eigenvalue weighted by atomic mass is 9.97. The second kappa shape index (κ2) is 11.1. The molecule has 29 heavy (non-hydrogen) atoms. The minimum absolute atomic E-state index is 0.280. The molecule has 1 aliphatic heterocycles. The summed E-state index contributed by atoms with van der Waals surface area (Å²) in [5.41, 5.74) is 5.52. The summed E-state index contributed by atoms with van der Waals surface area (Å²) in [5.74, 6) is -3.55. The molecule has 1 fully saturated rings. The van der Waals surface area contributed by atoms with Crippen molar-refractivity contribution >= 4 is 23.7 Å². The van der Waals surface area contributed by atoms with Gasteiger partial charge >= 0.3 is 5.97 Å². The summed E-state index contributed by atoms with van der Waals surface area (Å²) in [4.78, 5) is 50.2. The lowest BCUT2D eigenvalue weighted by Crippen LogP contribution is -2.60. The lowest BCUT2D eigenvalue weighted by Gasteiger charge is -2.31. The normalized spacial score (nSPS) is 21.6. The molecular formula is C18H32N4O7. The van der Waals surface area contributed by atoms with Gasteiger partial charge in [0.05, 0.1) is 12.7 Å². The molecule has 1 aliphatic rings. The Kier molecular flexibility index (Phi) is 9.47. The Morgan fingerprint density at radius 2 is 1.79 bits per heavy atom. The van der Waals surface area contributed by atoms with Crippen molar-refractivity contribution in [2.45, 2.75) is 70.3 Å². The largest absolute Gasteiger partial charge is 0.480 e. The highest BCUT2D eigenvalue weighted by atomic mass is 16.4. The van der Waals surface area contributed by atoms with Crippen LogP contribution in [0.4, 0.5) is 0 Å². The molecule has 6 atom stereocenters. The predicted octanol–water partition coefficient (Wildman–Crippen LogP) is -2.22. The summed E-state index contributed by atoms with van der Waals surface area (Å²) in [6, 6.07) is -4.61. The first kappa shape index (κ1) is 24.8. The molecule has 6 unspecified atom stereocenters. The van der Waals surface area contributed by atoms with Gasteiger partial charge in [-0.2, -0.15) is 0 Å². The van der Waals surface area contributed by atoms with Crippen LogP contribution in [-0.2, 0) is 19.2 Å². The number of carboxylic acids is 1. The van der Waals surface area contributed by atoms with Crippen molar-refractivity contribution < 1.29 is 34.5 Å². The van der Waals surface area contributed by atoms with Crippen LogP contribution in [0.25, 0.3) is 0 Å². The van der Waals surface area contributed by atoms with Gasteiger partial charge in [0.1, 0.15) is 24.2 Å². The molecule has 0 aromatic carbocycles. The van der Waals surface area contributed by atoms with Crippen LogP contribution in [-0.4, -0.2) is 87.3 Å². The fourth-order valence-corrected chi connectivity index (χ4v) is 3.08. The van der Waals surface area contributed by atoms with Crippen LogP contribution in [0.5, 0.6) is 0 Å². The molecule has 0 aromatic rings. The summed E-state index contributed by atoms with van der Waals surface area (Å²) in [6.45, 7) is 4.41. The third kappa shape index (κ3) is 6.38. The molecule has 11 nitrogen and oxygen atoms in total. The van der Waals surface area contributed by atoms with Crippen LogP contribution in [0.2, 0.25) is 0 Å². The fraction of sp³-hybridized carbons (Fsp3) is 0.778. The van der Waals surface area contributed by atoms with Crippen molar-refractivity contribution in [3.05, 3.63) is 0 Å². The highest BCUT2D eigenvalue weighted by Crippen LogP contribution is 2.21. The van der Waals surface area contributed by atoms with Crippen molar-refractivity contribution in [1.29, 1.82) is 0 Å². The highest BCUT2D eigenvalue weighted by Gasteiger charge is 2.39. The number of aliphatic hydroxyl groups excluding tert-OH is 2. The number of rotatable bonds is 10. The van der Waals surface area contributed by atoms with Crippen molar-refractivity contribution in [2.75, 3.05) is 13.2 Å². The van der Waals surface area contributed by atoms with E-state index in [4.69, 9.17) is 5.73 Å². The fourth-order valence-electron chi connectivity index (χ4n) is 3.08. The number of hydrogen-bond acceptors (Lipinski definition) is 7. The van der Waals surface area contributed by atoms with E-state index in [1.807, 2.05) is 6.92 Å². The van der Waals surface area contributed by atoms with E-state index in [1.165, 1.54) is 11.8 Å². The van der Waals surface area contributed by atoms with Crippen LogP contribution >= 0.6 is 0 Å². The van der Waals surface area contributed by atoms with Crippen LogP contribution in [0.15, 0.2) is 0 Å². The quantitative estimate of drug-likeness (QED) is 0.231. The number of nitrogens with two attached hydrogens (primary N) is 1. The number of carbonyl (C=O) groups is 4. The van der Waals surface area contributed by atoms with Gasteiger partial charge in [-0.1, -0.05) is 20.3 Å². The number of hydrogen-bond donors (Lipinski definition) is 6. The van der Waals surface area contributed by atoms with Gasteiger partial charge in [0.2, 0.25) is 17.7 Å². The molecule has 0 bridgehead atoms. The molecular weight excluding hydrogens is 384 g/mol. The molecule has 7 N–H and O–H groups in total. The van der Waals surface area contributed by atoms with Crippen molar-refractivity contribution in [3.8, 4) is 0 Å². The monoisotopic (exact) mass is 416 g/mol.